The molecule has 3 aliphatic rings. The van der Waals surface area contributed by atoms with Crippen molar-refractivity contribution >= 4 is 33.1 Å². The number of ether oxygens (including phenoxy) is 1. The van der Waals surface area contributed by atoms with Crippen molar-refractivity contribution in [2.24, 2.45) is 11.3 Å². The van der Waals surface area contributed by atoms with Gasteiger partial charge in [-0.25, -0.2) is 18.4 Å². The van der Waals surface area contributed by atoms with Gasteiger partial charge in [0.1, 0.15) is 11.6 Å². The number of hydrogen-bond donors (Lipinski definition) is 3. The highest BCUT2D eigenvalue weighted by atomic mass is 35.5. The maximum absolute atomic E-state index is 11.9. The molecule has 2 aromatic rings. The first-order valence-corrected chi connectivity index (χ1v) is 15.5. The van der Waals surface area contributed by atoms with Gasteiger partial charge >= 0.3 is 0 Å². The zero-order valence-corrected chi connectivity index (χ0v) is 23.2. The van der Waals surface area contributed by atoms with Gasteiger partial charge < -0.3 is 20.7 Å². The number of anilines is 2. The standard InChI is InChI=1S/C27H38ClN5O3S/c1-18(15-36-2)31-20-6-8-21(9-7-20)32-26-12-22(23(28)14-29-26)24-4-3-5-25(33-24)30-17-27-10-11-37(34,35)16-19(27)13-27/h3-5,12,14,18-21,31H,6-11,13,15-17H2,1-2H3,(H,29,32)(H,30,33)/t18-,19?,20-,21-,27?/m1/s1. The van der Waals surface area contributed by atoms with Crippen LogP contribution in [0.5, 0.6) is 0 Å². The second-order valence-corrected chi connectivity index (χ2v) is 13.8. The molecule has 0 radical (unpaired) electrons. The molecule has 37 heavy (non-hydrogen) atoms. The Hall–Kier alpha value is -1.94. The van der Waals surface area contributed by atoms with E-state index < -0.39 is 9.84 Å². The first-order chi connectivity index (χ1) is 17.7. The van der Waals surface area contributed by atoms with Crippen molar-refractivity contribution < 1.29 is 13.2 Å². The average Bonchev–Trinajstić information content (AvgIpc) is 3.58. The number of nitrogens with one attached hydrogen (secondary N) is 3. The molecule has 1 saturated heterocycles. The van der Waals surface area contributed by atoms with Crippen molar-refractivity contribution in [3.63, 3.8) is 0 Å². The van der Waals surface area contributed by atoms with Crippen LogP contribution in [-0.2, 0) is 14.6 Å². The van der Waals surface area contributed by atoms with Gasteiger partial charge in [-0.1, -0.05) is 17.7 Å². The number of nitrogens with zero attached hydrogens (tertiary/aromatic N) is 2. The predicted molar refractivity (Wildman–Crippen MR) is 149 cm³/mol. The SMILES string of the molecule is COC[C@@H](C)N[C@H]1CC[C@H](Nc2cc(-c3cccc(NCC45CCS(=O)(=O)CC4C5)n3)c(Cl)cn2)CC1. The molecule has 2 aliphatic carbocycles. The topological polar surface area (TPSA) is 105 Å². The number of pyridine rings is 2. The van der Waals surface area contributed by atoms with E-state index in [-0.39, 0.29) is 11.3 Å². The van der Waals surface area contributed by atoms with Crippen molar-refractivity contribution in [3.8, 4) is 11.3 Å². The maximum Gasteiger partial charge on any atom is 0.150 e. The Morgan fingerprint density at radius 1 is 1.19 bits per heavy atom. The van der Waals surface area contributed by atoms with Gasteiger partial charge in [0, 0.05) is 43.5 Å². The smallest absolute Gasteiger partial charge is 0.150 e. The van der Waals surface area contributed by atoms with Gasteiger partial charge in [0.05, 0.1) is 28.8 Å². The van der Waals surface area contributed by atoms with E-state index in [4.69, 9.17) is 21.3 Å². The van der Waals surface area contributed by atoms with Gasteiger partial charge in [0.2, 0.25) is 0 Å². The highest BCUT2D eigenvalue weighted by Gasteiger charge is 2.58. The number of rotatable bonds is 10. The molecule has 2 aromatic heterocycles. The van der Waals surface area contributed by atoms with Crippen molar-refractivity contribution in [1.29, 1.82) is 0 Å². The highest BCUT2D eigenvalue weighted by molar-refractivity contribution is 7.91. The fraction of sp³-hybridized carbons (Fsp3) is 0.630. The average molecular weight is 548 g/mol. The van der Waals surface area contributed by atoms with Gasteiger partial charge in [-0.05, 0) is 75.0 Å². The van der Waals surface area contributed by atoms with Gasteiger partial charge in [-0.3, -0.25) is 0 Å². The molecular formula is C27H38ClN5O3S. The lowest BCUT2D eigenvalue weighted by molar-refractivity contribution is 0.161. The summed E-state index contributed by atoms with van der Waals surface area (Å²) < 4.78 is 29.0. The Kier molecular flexibility index (Phi) is 7.96. The number of hydrogen-bond acceptors (Lipinski definition) is 8. The molecular weight excluding hydrogens is 510 g/mol. The van der Waals surface area contributed by atoms with Crippen molar-refractivity contribution in [3.05, 3.63) is 35.5 Å². The zero-order valence-electron chi connectivity index (χ0n) is 21.7. The number of methoxy groups -OCH3 is 1. The summed E-state index contributed by atoms with van der Waals surface area (Å²) in [6.45, 7) is 3.64. The van der Waals surface area contributed by atoms with Crippen LogP contribution in [-0.4, -0.2) is 68.3 Å². The summed E-state index contributed by atoms with van der Waals surface area (Å²) in [4.78, 5) is 9.35. The van der Waals surface area contributed by atoms with Crippen LogP contribution < -0.4 is 16.0 Å². The predicted octanol–water partition coefficient (Wildman–Crippen LogP) is 4.38. The lowest BCUT2D eigenvalue weighted by Crippen LogP contribution is -2.42. The third kappa shape index (κ3) is 6.56. The fourth-order valence-corrected chi connectivity index (χ4v) is 8.17. The van der Waals surface area contributed by atoms with Crippen LogP contribution in [0.25, 0.3) is 11.3 Å². The Bertz CT molecular complexity index is 1200. The summed E-state index contributed by atoms with van der Waals surface area (Å²) in [6, 6.07) is 9.14. The van der Waals surface area contributed by atoms with Gasteiger partial charge in [0.15, 0.2) is 9.84 Å². The van der Waals surface area contributed by atoms with Gasteiger partial charge in [-0.15, -0.1) is 0 Å². The third-order valence-electron chi connectivity index (χ3n) is 8.24. The Balaban J connectivity index is 1.19. The molecule has 10 heteroatoms. The molecule has 5 rings (SSSR count). The van der Waals surface area contributed by atoms with Crippen LogP contribution in [0.2, 0.25) is 5.02 Å². The third-order valence-corrected chi connectivity index (χ3v) is 10.3. The monoisotopic (exact) mass is 547 g/mol. The lowest BCUT2D eigenvalue weighted by atomic mass is 9.90. The Labute approximate surface area is 225 Å². The molecule has 0 bridgehead atoms. The summed E-state index contributed by atoms with van der Waals surface area (Å²) in [5.41, 5.74) is 1.74. The van der Waals surface area contributed by atoms with Gasteiger partial charge in [-0.2, -0.15) is 0 Å². The minimum Gasteiger partial charge on any atom is -0.383 e. The van der Waals surface area contributed by atoms with Crippen LogP contribution in [0, 0.1) is 11.3 Å². The first-order valence-electron chi connectivity index (χ1n) is 13.3. The van der Waals surface area contributed by atoms with E-state index in [2.05, 4.69) is 27.9 Å². The molecule has 8 nitrogen and oxygen atoms in total. The first kappa shape index (κ1) is 26.7. The van der Waals surface area contributed by atoms with Crippen LogP contribution in [0.15, 0.2) is 30.5 Å². The fourth-order valence-electron chi connectivity index (χ4n) is 6.00. The van der Waals surface area contributed by atoms with Crippen LogP contribution >= 0.6 is 11.6 Å². The summed E-state index contributed by atoms with van der Waals surface area (Å²) in [6.07, 6.45) is 7.82. The molecule has 3 fully saturated rings. The quantitative estimate of drug-likeness (QED) is 0.402. The zero-order chi connectivity index (χ0) is 26.0. The molecule has 2 unspecified atom stereocenters. The summed E-state index contributed by atoms with van der Waals surface area (Å²) >= 11 is 6.55. The molecule has 3 atom stereocenters. The van der Waals surface area contributed by atoms with Crippen LogP contribution in [0.4, 0.5) is 11.6 Å². The second-order valence-electron chi connectivity index (χ2n) is 11.2. The van der Waals surface area contributed by atoms with Crippen LogP contribution in [0.1, 0.15) is 45.4 Å². The van der Waals surface area contributed by atoms with E-state index in [0.29, 0.717) is 34.7 Å². The summed E-state index contributed by atoms with van der Waals surface area (Å²) in [5.74, 6) is 2.50. The minimum atomic E-state index is -2.86. The molecule has 202 valence electrons. The largest absolute Gasteiger partial charge is 0.383 e. The van der Waals surface area contributed by atoms with E-state index in [1.54, 1.807) is 13.3 Å². The van der Waals surface area contributed by atoms with E-state index in [0.717, 1.165) is 74.6 Å². The summed E-state index contributed by atoms with van der Waals surface area (Å²) in [7, 11) is -1.12. The Morgan fingerprint density at radius 3 is 2.73 bits per heavy atom. The maximum atomic E-state index is 11.9. The molecule has 2 saturated carbocycles. The number of halogens is 1. The number of aromatic nitrogens is 2. The van der Waals surface area contributed by atoms with E-state index in [1.807, 2.05) is 24.3 Å². The summed E-state index contributed by atoms with van der Waals surface area (Å²) in [5, 5.41) is 11.3. The molecule has 1 aliphatic heterocycles. The lowest BCUT2D eigenvalue weighted by Gasteiger charge is -2.31. The van der Waals surface area contributed by atoms with E-state index in [9.17, 15) is 8.42 Å². The van der Waals surface area contributed by atoms with Crippen molar-refractivity contribution in [2.45, 2.75) is 63.6 Å². The Morgan fingerprint density at radius 2 is 1.97 bits per heavy atom. The number of fused-ring (bicyclic) bond motifs is 1. The highest BCUT2D eigenvalue weighted by Crippen LogP contribution is 2.58. The number of sulfone groups is 1. The van der Waals surface area contributed by atoms with E-state index >= 15 is 0 Å². The molecule has 0 spiro atoms. The molecule has 3 N–H and O–H groups in total. The van der Waals surface area contributed by atoms with Crippen LogP contribution in [0.3, 0.4) is 0 Å². The molecule has 3 heterocycles. The second kappa shape index (κ2) is 11.0. The van der Waals surface area contributed by atoms with Crippen molar-refractivity contribution in [1.82, 2.24) is 15.3 Å². The van der Waals surface area contributed by atoms with Gasteiger partial charge in [0.25, 0.3) is 0 Å². The normalized spacial score (nSPS) is 29.2. The minimum absolute atomic E-state index is 0.102. The molecule has 0 aromatic carbocycles. The van der Waals surface area contributed by atoms with Crippen molar-refractivity contribution in [2.75, 3.05) is 42.4 Å². The molecule has 0 amide bonds. The van der Waals surface area contributed by atoms with E-state index in [1.165, 1.54) is 0 Å².